The smallest absolute Gasteiger partial charge is 0.333 e. The fourth-order valence-corrected chi connectivity index (χ4v) is 9.78. The highest BCUT2D eigenvalue weighted by Gasteiger charge is 2.74. The molecule has 0 aromatic heterocycles. The first-order chi connectivity index (χ1) is 26.6. The summed E-state index contributed by atoms with van der Waals surface area (Å²) in [7, 11) is 1.30. The number of allylic oxidation sites excluding steroid dienone is 3. The molecule has 6 aliphatic rings. The van der Waals surface area contributed by atoms with Crippen LogP contribution >= 0.6 is 0 Å². The molecule has 4 heterocycles. The molecule has 7 rings (SSSR count). The maximum absolute atomic E-state index is 13.9. The molecule has 1 saturated carbocycles. The van der Waals surface area contributed by atoms with Crippen molar-refractivity contribution in [2.45, 2.75) is 102 Å². The maximum Gasteiger partial charge on any atom is 0.333 e. The lowest BCUT2D eigenvalue weighted by atomic mass is 9.62. The van der Waals surface area contributed by atoms with Gasteiger partial charge in [0.25, 0.3) is 11.8 Å². The van der Waals surface area contributed by atoms with Crippen LogP contribution < -0.4 is 15.5 Å². The van der Waals surface area contributed by atoms with E-state index in [1.165, 1.54) is 14.0 Å². The van der Waals surface area contributed by atoms with E-state index in [9.17, 15) is 38.4 Å². The largest absolute Gasteiger partial charge is 0.466 e. The van der Waals surface area contributed by atoms with Gasteiger partial charge in [-0.2, -0.15) is 0 Å². The molecule has 0 radical (unpaired) electrons. The third-order valence-corrected chi connectivity index (χ3v) is 12.6. The Morgan fingerprint density at radius 3 is 2.43 bits per heavy atom. The molecule has 5 amide bonds. The fourth-order valence-electron chi connectivity index (χ4n) is 9.78. The molecular weight excluding hydrogens is 724 g/mol. The summed E-state index contributed by atoms with van der Waals surface area (Å²) in [5, 5.41) is 5.30. The Hall–Kier alpha value is -5.60. The van der Waals surface area contributed by atoms with E-state index in [2.05, 4.69) is 10.6 Å². The zero-order valence-corrected chi connectivity index (χ0v) is 31.9. The number of piperidine rings is 2. The van der Waals surface area contributed by atoms with Crippen molar-refractivity contribution in [3.63, 3.8) is 0 Å². The molecule has 4 aliphatic heterocycles. The molecule has 1 aromatic rings. The Kier molecular flexibility index (Phi) is 10.00. The van der Waals surface area contributed by atoms with Gasteiger partial charge in [0.05, 0.1) is 23.9 Å². The fraction of sp³-hybridized carbons (Fsp3) is 0.512. The number of rotatable bonds is 8. The van der Waals surface area contributed by atoms with Gasteiger partial charge in [-0.1, -0.05) is 24.3 Å². The maximum atomic E-state index is 13.9. The van der Waals surface area contributed by atoms with Gasteiger partial charge >= 0.3 is 17.9 Å². The number of nitrogens with zero attached hydrogens (tertiary/aromatic N) is 2. The predicted molar refractivity (Wildman–Crippen MR) is 197 cm³/mol. The number of hydrogen-bond acceptors (Lipinski definition) is 12. The standard InChI is InChI=1S/C41H46N4O11/c1-23(7-6-17-39(3)30-14-19-40(38(53)56-39)18-12-25(37(52)54-4)13-20-41(30,40)55-24(2)46)33(48)42-26-15-21-44(22-16-26)28-9-5-8-27-32(28)36(51)45(35(27)50)29-10-11-31(47)43-34(29)49/h5-9,12,17,26,29-30H,10-11,13-16,18-22H2,1-4H3,(H,42,48)(H,43,47,49). The highest BCUT2D eigenvalue weighted by Crippen LogP contribution is 2.65. The average Bonchev–Trinajstić information content (AvgIpc) is 3.49. The second-order valence-corrected chi connectivity index (χ2v) is 15.7. The molecule has 15 nitrogen and oxygen atoms in total. The number of fused-ring (bicyclic) bond motifs is 1. The summed E-state index contributed by atoms with van der Waals surface area (Å²) < 4.78 is 17.2. The summed E-state index contributed by atoms with van der Waals surface area (Å²) in [6, 6.07) is 3.82. The van der Waals surface area contributed by atoms with Gasteiger partial charge in [0.15, 0.2) is 0 Å². The number of ether oxygens (including phenoxy) is 3. The molecule has 1 aromatic carbocycles. The summed E-state index contributed by atoms with van der Waals surface area (Å²) in [5.41, 5.74) is -1.60. The molecule has 3 saturated heterocycles. The molecule has 296 valence electrons. The monoisotopic (exact) mass is 770 g/mol. The minimum Gasteiger partial charge on any atom is -0.466 e. The van der Waals surface area contributed by atoms with Crippen molar-refractivity contribution >= 4 is 53.1 Å². The van der Waals surface area contributed by atoms with Crippen LogP contribution in [0.5, 0.6) is 0 Å². The van der Waals surface area contributed by atoms with Crippen molar-refractivity contribution in [3.05, 3.63) is 64.8 Å². The Labute approximate surface area is 323 Å². The lowest BCUT2D eigenvalue weighted by Gasteiger charge is -2.54. The zero-order valence-electron chi connectivity index (χ0n) is 31.9. The third kappa shape index (κ3) is 6.30. The zero-order chi connectivity index (χ0) is 40.2. The van der Waals surface area contributed by atoms with E-state index in [1.807, 2.05) is 4.90 Å². The molecule has 15 heteroatoms. The number of amides is 5. The summed E-state index contributed by atoms with van der Waals surface area (Å²) in [5.74, 6) is -4.40. The normalized spacial score (nSPS) is 30.6. The van der Waals surface area contributed by atoms with Crippen LogP contribution in [0.3, 0.4) is 0 Å². The van der Waals surface area contributed by atoms with E-state index in [1.54, 1.807) is 56.4 Å². The first kappa shape index (κ1) is 38.7. The third-order valence-electron chi connectivity index (χ3n) is 12.6. The Balaban J connectivity index is 0.996. The lowest BCUT2D eigenvalue weighted by Crippen LogP contribution is -2.65. The van der Waals surface area contributed by atoms with Crippen LogP contribution in [0, 0.1) is 11.3 Å². The van der Waals surface area contributed by atoms with Gasteiger partial charge in [0, 0.05) is 49.5 Å². The quantitative estimate of drug-likeness (QED) is 0.129. The first-order valence-electron chi connectivity index (χ1n) is 19.1. The number of hydrogen-bond donors (Lipinski definition) is 2. The first-order valence-corrected chi connectivity index (χ1v) is 19.1. The molecule has 2 aliphatic carbocycles. The average molecular weight is 771 g/mol. The minimum atomic E-state index is -1.19. The van der Waals surface area contributed by atoms with Crippen LogP contribution in [-0.4, -0.2) is 95.8 Å². The van der Waals surface area contributed by atoms with Crippen LogP contribution in [0.15, 0.2) is 53.6 Å². The molecule has 5 unspecified atom stereocenters. The molecular formula is C41H46N4O11. The Bertz CT molecular complexity index is 2030. The topological polar surface area (TPSA) is 195 Å². The van der Waals surface area contributed by atoms with Crippen LogP contribution in [0.4, 0.5) is 5.69 Å². The van der Waals surface area contributed by atoms with Crippen molar-refractivity contribution in [1.29, 1.82) is 0 Å². The minimum absolute atomic E-state index is 0.0363. The molecule has 0 spiro atoms. The van der Waals surface area contributed by atoms with Crippen LogP contribution in [0.2, 0.25) is 0 Å². The van der Waals surface area contributed by atoms with Crippen LogP contribution in [-0.2, 0) is 43.0 Å². The summed E-state index contributed by atoms with van der Waals surface area (Å²) >= 11 is 0. The second kappa shape index (κ2) is 14.5. The molecule has 2 bridgehead atoms. The number of methoxy groups -OCH3 is 1. The Morgan fingerprint density at radius 2 is 1.73 bits per heavy atom. The van der Waals surface area contributed by atoms with E-state index >= 15 is 0 Å². The molecule has 4 fully saturated rings. The predicted octanol–water partition coefficient (Wildman–Crippen LogP) is 2.97. The van der Waals surface area contributed by atoms with Gasteiger partial charge in [-0.05, 0) is 83.4 Å². The highest BCUT2D eigenvalue weighted by atomic mass is 16.6. The number of nitrogens with one attached hydrogen (secondary N) is 2. The van der Waals surface area contributed by atoms with E-state index < -0.39 is 70.1 Å². The SMILES string of the molecule is COC(=O)C1=CCC23CCC(C(C)(C=CC=C(C)C(=O)NC4CCN(c5cccc6c5C(=O)N(C5CCC(=O)NC5=O)C6=O)CC4)OC2=O)C3(OC(C)=O)CC1. The highest BCUT2D eigenvalue weighted by molar-refractivity contribution is 6.25. The van der Waals surface area contributed by atoms with Gasteiger partial charge in [-0.25, -0.2) is 4.79 Å². The molecule has 56 heavy (non-hydrogen) atoms. The van der Waals surface area contributed by atoms with E-state index in [0.717, 1.165) is 4.90 Å². The van der Waals surface area contributed by atoms with Crippen molar-refractivity contribution < 1.29 is 52.6 Å². The van der Waals surface area contributed by atoms with Crippen molar-refractivity contribution in [3.8, 4) is 0 Å². The number of carbonyl (C=O) groups is 8. The number of cyclic esters (lactones) is 1. The van der Waals surface area contributed by atoms with E-state index in [-0.39, 0.29) is 55.2 Å². The lowest BCUT2D eigenvalue weighted by molar-refractivity contribution is -0.235. The summed E-state index contributed by atoms with van der Waals surface area (Å²) in [4.78, 5) is 106. The molecule has 2 N–H and O–H groups in total. The van der Waals surface area contributed by atoms with Gasteiger partial charge in [-0.3, -0.25) is 43.8 Å². The molecule has 5 atom stereocenters. The number of benzene rings is 1. The van der Waals surface area contributed by atoms with E-state index in [0.29, 0.717) is 55.6 Å². The van der Waals surface area contributed by atoms with Crippen LogP contribution in [0.25, 0.3) is 0 Å². The number of esters is 3. The number of anilines is 1. The van der Waals surface area contributed by atoms with Crippen molar-refractivity contribution in [2.75, 3.05) is 25.1 Å². The summed E-state index contributed by atoms with van der Waals surface area (Å²) in [6.07, 6.45) is 9.72. The van der Waals surface area contributed by atoms with Crippen molar-refractivity contribution in [2.24, 2.45) is 11.3 Å². The Morgan fingerprint density at radius 1 is 0.982 bits per heavy atom. The van der Waals surface area contributed by atoms with Gasteiger partial charge in [0.2, 0.25) is 17.7 Å². The number of carbonyl (C=O) groups excluding carboxylic acids is 8. The number of imide groups is 2. The summed E-state index contributed by atoms with van der Waals surface area (Å²) in [6.45, 7) is 5.77. The van der Waals surface area contributed by atoms with E-state index in [4.69, 9.17) is 14.2 Å². The second-order valence-electron chi connectivity index (χ2n) is 15.7. The van der Waals surface area contributed by atoms with Crippen molar-refractivity contribution in [1.82, 2.24) is 15.5 Å². The van der Waals surface area contributed by atoms with Gasteiger partial charge in [0.1, 0.15) is 22.7 Å². The van der Waals surface area contributed by atoms with Gasteiger partial charge in [-0.15, -0.1) is 0 Å². The van der Waals surface area contributed by atoms with Crippen LogP contribution in [0.1, 0.15) is 99.3 Å². The van der Waals surface area contributed by atoms with Gasteiger partial charge < -0.3 is 24.4 Å².